The van der Waals surface area contributed by atoms with Crippen molar-refractivity contribution in [2.75, 3.05) is 13.2 Å². The van der Waals surface area contributed by atoms with Gasteiger partial charge in [0.15, 0.2) is 0 Å². The van der Waals surface area contributed by atoms with Crippen LogP contribution in [0, 0.1) is 11.3 Å². The molecular formula is C14H28N2O2. The summed E-state index contributed by atoms with van der Waals surface area (Å²) in [5.74, 6) is 0.507. The lowest BCUT2D eigenvalue weighted by atomic mass is 9.73. The van der Waals surface area contributed by atoms with Crippen molar-refractivity contribution in [3.63, 3.8) is 0 Å². The molecule has 4 nitrogen and oxygen atoms in total. The Balaban J connectivity index is 2.60. The van der Waals surface area contributed by atoms with Crippen molar-refractivity contribution in [2.45, 2.75) is 58.4 Å². The van der Waals surface area contributed by atoms with E-state index in [0.717, 1.165) is 32.1 Å². The number of aliphatic hydroxyl groups excluding tert-OH is 1. The van der Waals surface area contributed by atoms with Crippen LogP contribution in [0.5, 0.6) is 0 Å². The summed E-state index contributed by atoms with van der Waals surface area (Å²) >= 11 is 0. The van der Waals surface area contributed by atoms with Gasteiger partial charge in [-0.3, -0.25) is 4.79 Å². The molecule has 1 saturated carbocycles. The van der Waals surface area contributed by atoms with Crippen molar-refractivity contribution in [3.8, 4) is 0 Å². The molecule has 0 spiro atoms. The highest BCUT2D eigenvalue weighted by Crippen LogP contribution is 2.35. The van der Waals surface area contributed by atoms with Crippen molar-refractivity contribution < 1.29 is 9.90 Å². The Labute approximate surface area is 110 Å². The van der Waals surface area contributed by atoms with Crippen LogP contribution in [-0.2, 0) is 4.79 Å². The maximum absolute atomic E-state index is 12.4. The lowest BCUT2D eigenvalue weighted by Crippen LogP contribution is -2.51. The summed E-state index contributed by atoms with van der Waals surface area (Å²) in [5, 5.41) is 12.3. The van der Waals surface area contributed by atoms with E-state index >= 15 is 0 Å². The highest BCUT2D eigenvalue weighted by Gasteiger charge is 2.38. The second-order valence-electron chi connectivity index (χ2n) is 6.03. The molecule has 0 aromatic heterocycles. The zero-order chi connectivity index (χ0) is 13.6. The fourth-order valence-electron chi connectivity index (χ4n) is 2.84. The molecule has 18 heavy (non-hydrogen) atoms. The molecule has 0 radical (unpaired) electrons. The second kappa shape index (κ2) is 7.10. The summed E-state index contributed by atoms with van der Waals surface area (Å²) in [4.78, 5) is 12.4. The van der Waals surface area contributed by atoms with Crippen LogP contribution < -0.4 is 11.1 Å². The molecule has 0 heterocycles. The van der Waals surface area contributed by atoms with Crippen molar-refractivity contribution in [3.05, 3.63) is 0 Å². The van der Waals surface area contributed by atoms with E-state index in [2.05, 4.69) is 19.2 Å². The zero-order valence-electron chi connectivity index (χ0n) is 11.7. The molecule has 4 heteroatoms. The number of aliphatic hydroxyl groups is 1. The van der Waals surface area contributed by atoms with Crippen LogP contribution in [0.4, 0.5) is 0 Å². The molecule has 1 aliphatic rings. The van der Waals surface area contributed by atoms with Crippen LogP contribution in [0.15, 0.2) is 0 Å². The van der Waals surface area contributed by atoms with Gasteiger partial charge in [-0.15, -0.1) is 0 Å². The minimum atomic E-state index is -0.386. The first kappa shape index (κ1) is 15.4. The van der Waals surface area contributed by atoms with Gasteiger partial charge < -0.3 is 16.2 Å². The van der Waals surface area contributed by atoms with Crippen molar-refractivity contribution in [1.29, 1.82) is 0 Å². The SMILES string of the molecule is CC(C)CC(CO)NC(=O)C1(CN)CCCCC1. The van der Waals surface area contributed by atoms with E-state index < -0.39 is 0 Å². The highest BCUT2D eigenvalue weighted by molar-refractivity contribution is 5.83. The number of hydrogen-bond acceptors (Lipinski definition) is 3. The molecule has 0 aromatic rings. The number of carbonyl (C=O) groups is 1. The topological polar surface area (TPSA) is 75.3 Å². The molecule has 1 aliphatic carbocycles. The number of amides is 1. The van der Waals surface area contributed by atoms with E-state index in [4.69, 9.17) is 5.73 Å². The second-order valence-corrected chi connectivity index (χ2v) is 6.03. The summed E-state index contributed by atoms with van der Waals surface area (Å²) in [6.45, 7) is 4.60. The summed E-state index contributed by atoms with van der Waals surface area (Å²) < 4.78 is 0. The molecule has 0 aromatic carbocycles. The molecule has 1 amide bonds. The molecule has 1 atom stereocenters. The van der Waals surface area contributed by atoms with Crippen molar-refractivity contribution in [2.24, 2.45) is 17.1 Å². The van der Waals surface area contributed by atoms with E-state index in [9.17, 15) is 9.90 Å². The monoisotopic (exact) mass is 256 g/mol. The fourth-order valence-corrected chi connectivity index (χ4v) is 2.84. The van der Waals surface area contributed by atoms with Gasteiger partial charge >= 0.3 is 0 Å². The van der Waals surface area contributed by atoms with Gasteiger partial charge in [0, 0.05) is 6.54 Å². The largest absolute Gasteiger partial charge is 0.394 e. The molecule has 106 valence electrons. The fraction of sp³-hybridized carbons (Fsp3) is 0.929. The molecule has 0 saturated heterocycles. The van der Waals surface area contributed by atoms with Crippen LogP contribution >= 0.6 is 0 Å². The Bertz CT molecular complexity index is 261. The number of hydrogen-bond donors (Lipinski definition) is 3. The normalized spacial score (nSPS) is 20.7. The van der Waals surface area contributed by atoms with Crippen molar-refractivity contribution in [1.82, 2.24) is 5.32 Å². The van der Waals surface area contributed by atoms with Gasteiger partial charge in [-0.1, -0.05) is 33.1 Å². The average Bonchev–Trinajstić information content (AvgIpc) is 2.38. The van der Waals surface area contributed by atoms with Crippen LogP contribution in [0.2, 0.25) is 0 Å². The Morgan fingerprint density at radius 1 is 1.33 bits per heavy atom. The molecule has 4 N–H and O–H groups in total. The lowest BCUT2D eigenvalue weighted by molar-refractivity contribution is -0.133. The first-order valence-corrected chi connectivity index (χ1v) is 7.16. The molecule has 1 rings (SSSR count). The molecule has 0 aliphatic heterocycles. The molecule has 1 fully saturated rings. The van der Waals surface area contributed by atoms with E-state index in [1.807, 2.05) is 0 Å². The average molecular weight is 256 g/mol. The number of rotatable bonds is 6. The van der Waals surface area contributed by atoms with Crippen LogP contribution in [0.3, 0.4) is 0 Å². The zero-order valence-corrected chi connectivity index (χ0v) is 11.7. The van der Waals surface area contributed by atoms with E-state index in [1.165, 1.54) is 6.42 Å². The third-order valence-corrected chi connectivity index (χ3v) is 3.99. The van der Waals surface area contributed by atoms with Crippen LogP contribution in [-0.4, -0.2) is 30.2 Å². The van der Waals surface area contributed by atoms with Crippen molar-refractivity contribution >= 4 is 5.91 Å². The summed E-state index contributed by atoms with van der Waals surface area (Å²) in [5.41, 5.74) is 5.45. The maximum atomic E-state index is 12.4. The van der Waals surface area contributed by atoms with Gasteiger partial charge in [-0.05, 0) is 25.2 Å². The maximum Gasteiger partial charge on any atom is 0.227 e. The Kier molecular flexibility index (Phi) is 6.09. The summed E-state index contributed by atoms with van der Waals surface area (Å²) in [7, 11) is 0. The van der Waals surface area contributed by atoms with Gasteiger partial charge in [0.05, 0.1) is 18.1 Å². The predicted molar refractivity (Wildman–Crippen MR) is 73.0 cm³/mol. The van der Waals surface area contributed by atoms with E-state index in [-0.39, 0.29) is 24.0 Å². The first-order chi connectivity index (χ1) is 8.54. The van der Waals surface area contributed by atoms with Gasteiger partial charge in [0.2, 0.25) is 5.91 Å². The lowest BCUT2D eigenvalue weighted by Gasteiger charge is -2.36. The van der Waals surface area contributed by atoms with Gasteiger partial charge in [0.1, 0.15) is 0 Å². The Hall–Kier alpha value is -0.610. The quantitative estimate of drug-likeness (QED) is 0.673. The molecular weight excluding hydrogens is 228 g/mol. The van der Waals surface area contributed by atoms with Gasteiger partial charge in [-0.25, -0.2) is 0 Å². The Morgan fingerprint density at radius 3 is 2.39 bits per heavy atom. The molecule has 1 unspecified atom stereocenters. The predicted octanol–water partition coefficient (Wildman–Crippen LogP) is 1.42. The van der Waals surface area contributed by atoms with Crippen LogP contribution in [0.1, 0.15) is 52.4 Å². The smallest absolute Gasteiger partial charge is 0.227 e. The molecule has 0 bridgehead atoms. The van der Waals surface area contributed by atoms with Gasteiger partial charge in [0.25, 0.3) is 0 Å². The summed E-state index contributed by atoms with van der Waals surface area (Å²) in [6, 6.07) is -0.136. The standard InChI is InChI=1S/C14H28N2O2/c1-11(2)8-12(9-17)16-13(18)14(10-15)6-4-3-5-7-14/h11-12,17H,3-10,15H2,1-2H3,(H,16,18). The third kappa shape index (κ3) is 3.95. The number of nitrogens with two attached hydrogens (primary N) is 1. The highest BCUT2D eigenvalue weighted by atomic mass is 16.3. The first-order valence-electron chi connectivity index (χ1n) is 7.16. The van der Waals surface area contributed by atoms with Gasteiger partial charge in [-0.2, -0.15) is 0 Å². The minimum Gasteiger partial charge on any atom is -0.394 e. The van der Waals surface area contributed by atoms with E-state index in [1.54, 1.807) is 0 Å². The third-order valence-electron chi connectivity index (χ3n) is 3.99. The Morgan fingerprint density at radius 2 is 1.94 bits per heavy atom. The summed E-state index contributed by atoms with van der Waals surface area (Å²) in [6.07, 6.45) is 5.94. The minimum absolute atomic E-state index is 0.00454. The number of nitrogens with one attached hydrogen (secondary N) is 1. The van der Waals surface area contributed by atoms with E-state index in [0.29, 0.717) is 12.5 Å². The number of carbonyl (C=O) groups excluding carboxylic acids is 1. The van der Waals surface area contributed by atoms with Crippen LogP contribution in [0.25, 0.3) is 0 Å².